The Balaban J connectivity index is 1.97. The first-order chi connectivity index (χ1) is 14.8. The molecule has 164 valence electrons. The van der Waals surface area contributed by atoms with Gasteiger partial charge in [-0.1, -0.05) is 24.0 Å². The number of alkyl halides is 2. The molecule has 0 saturated heterocycles. The van der Waals surface area contributed by atoms with Gasteiger partial charge in [0, 0.05) is 23.2 Å². The van der Waals surface area contributed by atoms with Crippen molar-refractivity contribution in [3.63, 3.8) is 0 Å². The third kappa shape index (κ3) is 7.79. The summed E-state index contributed by atoms with van der Waals surface area (Å²) in [5.41, 5.74) is 3.91. The van der Waals surface area contributed by atoms with Crippen molar-refractivity contribution in [1.82, 2.24) is 16.1 Å². The summed E-state index contributed by atoms with van der Waals surface area (Å²) < 4.78 is 24.3. The second-order valence-electron chi connectivity index (χ2n) is 6.71. The first-order valence-corrected chi connectivity index (χ1v) is 9.43. The standard InChI is InChI=1S/C22H23F2N3O4/c1-14(28)20(22(30)27-31)26-21(29)18-10-8-16(9-11-18)3-2-15-4-6-17(7-5-15)12-25-13-19(23)24/h4-11,14,19-20,25,28,31H,12-13H2,1H3,(H,26,29)(H,27,30)/t14-,20+/m1/s1. The van der Waals surface area contributed by atoms with Crippen LogP contribution < -0.4 is 16.1 Å². The molecule has 0 aliphatic heterocycles. The minimum Gasteiger partial charge on any atom is -0.391 e. The van der Waals surface area contributed by atoms with Crippen molar-refractivity contribution < 1.29 is 28.7 Å². The third-order valence-corrected chi connectivity index (χ3v) is 4.24. The highest BCUT2D eigenvalue weighted by Crippen LogP contribution is 2.07. The van der Waals surface area contributed by atoms with Crippen LogP contribution in [0.4, 0.5) is 8.78 Å². The molecule has 31 heavy (non-hydrogen) atoms. The number of aliphatic hydroxyl groups excluding tert-OH is 1. The van der Waals surface area contributed by atoms with Crippen LogP contribution in [-0.4, -0.2) is 47.2 Å². The number of aliphatic hydroxyl groups is 1. The van der Waals surface area contributed by atoms with Gasteiger partial charge in [0.05, 0.1) is 12.6 Å². The predicted octanol–water partition coefficient (Wildman–Crippen LogP) is 1.43. The fourth-order valence-electron chi connectivity index (χ4n) is 2.58. The molecule has 9 heteroatoms. The molecular formula is C22H23F2N3O4. The van der Waals surface area contributed by atoms with Crippen LogP contribution >= 0.6 is 0 Å². The van der Waals surface area contributed by atoms with E-state index < -0.39 is 30.4 Å². The monoisotopic (exact) mass is 431 g/mol. The second-order valence-corrected chi connectivity index (χ2v) is 6.71. The van der Waals surface area contributed by atoms with E-state index in [0.717, 1.165) is 11.1 Å². The van der Waals surface area contributed by atoms with E-state index in [1.54, 1.807) is 36.4 Å². The van der Waals surface area contributed by atoms with Crippen LogP contribution in [0.2, 0.25) is 0 Å². The summed E-state index contributed by atoms with van der Waals surface area (Å²) in [6, 6.07) is 12.2. The Morgan fingerprint density at radius 1 is 1.00 bits per heavy atom. The van der Waals surface area contributed by atoms with Crippen molar-refractivity contribution in [2.45, 2.75) is 32.0 Å². The van der Waals surface area contributed by atoms with E-state index in [-0.39, 0.29) is 12.1 Å². The molecule has 2 aromatic carbocycles. The molecule has 0 heterocycles. The van der Waals surface area contributed by atoms with Gasteiger partial charge in [0.25, 0.3) is 18.2 Å². The molecule has 0 bridgehead atoms. The van der Waals surface area contributed by atoms with Crippen LogP contribution in [0.1, 0.15) is 34.0 Å². The van der Waals surface area contributed by atoms with E-state index in [2.05, 4.69) is 22.5 Å². The van der Waals surface area contributed by atoms with Gasteiger partial charge in [-0.25, -0.2) is 14.3 Å². The number of carbonyl (C=O) groups is 2. The van der Waals surface area contributed by atoms with Crippen molar-refractivity contribution in [2.75, 3.05) is 6.54 Å². The van der Waals surface area contributed by atoms with Crippen LogP contribution in [0.5, 0.6) is 0 Å². The van der Waals surface area contributed by atoms with Gasteiger partial charge in [0.15, 0.2) is 0 Å². The van der Waals surface area contributed by atoms with Gasteiger partial charge in [0.2, 0.25) is 0 Å². The van der Waals surface area contributed by atoms with Gasteiger partial charge < -0.3 is 15.7 Å². The highest BCUT2D eigenvalue weighted by molar-refractivity contribution is 5.97. The predicted molar refractivity (Wildman–Crippen MR) is 109 cm³/mol. The fourth-order valence-corrected chi connectivity index (χ4v) is 2.58. The molecule has 2 atom stereocenters. The highest BCUT2D eigenvalue weighted by Gasteiger charge is 2.25. The van der Waals surface area contributed by atoms with E-state index >= 15 is 0 Å². The van der Waals surface area contributed by atoms with E-state index in [1.807, 2.05) is 0 Å². The molecule has 0 saturated carbocycles. The first-order valence-electron chi connectivity index (χ1n) is 9.43. The zero-order valence-corrected chi connectivity index (χ0v) is 16.7. The number of hydrogen-bond acceptors (Lipinski definition) is 5. The molecule has 0 unspecified atom stereocenters. The minimum absolute atomic E-state index is 0.252. The maximum Gasteiger partial charge on any atom is 0.268 e. The van der Waals surface area contributed by atoms with Crippen LogP contribution in [0.25, 0.3) is 0 Å². The summed E-state index contributed by atoms with van der Waals surface area (Å²) in [4.78, 5) is 23.8. The molecule has 0 radical (unpaired) electrons. The minimum atomic E-state index is -2.39. The maximum atomic E-state index is 12.2. The SMILES string of the molecule is C[C@@H](O)[C@H](NC(=O)c1ccc(C#Cc2ccc(CNCC(F)F)cc2)cc1)C(=O)NO. The van der Waals surface area contributed by atoms with Crippen molar-refractivity contribution in [2.24, 2.45) is 0 Å². The fraction of sp³-hybridized carbons (Fsp3) is 0.273. The number of carbonyl (C=O) groups excluding carboxylic acids is 2. The lowest BCUT2D eigenvalue weighted by molar-refractivity contribution is -0.133. The molecule has 0 aliphatic rings. The molecule has 2 aromatic rings. The normalized spacial score (nSPS) is 12.5. The van der Waals surface area contributed by atoms with Crippen molar-refractivity contribution in [3.05, 3.63) is 70.8 Å². The van der Waals surface area contributed by atoms with Gasteiger partial charge >= 0.3 is 0 Å². The first kappa shape index (κ1) is 24.0. The Morgan fingerprint density at radius 3 is 2.03 bits per heavy atom. The Morgan fingerprint density at radius 2 is 1.55 bits per heavy atom. The van der Waals surface area contributed by atoms with E-state index in [0.29, 0.717) is 12.1 Å². The number of benzene rings is 2. The number of hydroxylamine groups is 1. The Bertz CT molecular complexity index is 936. The zero-order valence-electron chi connectivity index (χ0n) is 16.7. The maximum absolute atomic E-state index is 12.2. The molecule has 0 spiro atoms. The molecule has 0 fully saturated rings. The van der Waals surface area contributed by atoms with Gasteiger partial charge in [0.1, 0.15) is 6.04 Å². The third-order valence-electron chi connectivity index (χ3n) is 4.24. The zero-order chi connectivity index (χ0) is 22.8. The lowest BCUT2D eigenvalue weighted by atomic mass is 10.1. The second kappa shape index (κ2) is 11.8. The summed E-state index contributed by atoms with van der Waals surface area (Å²) in [5.74, 6) is 4.41. The number of nitrogens with one attached hydrogen (secondary N) is 3. The van der Waals surface area contributed by atoms with Gasteiger partial charge in [-0.3, -0.25) is 14.8 Å². The average Bonchev–Trinajstić information content (AvgIpc) is 2.76. The van der Waals surface area contributed by atoms with Crippen LogP contribution in [0.3, 0.4) is 0 Å². The molecule has 7 nitrogen and oxygen atoms in total. The average molecular weight is 431 g/mol. The van der Waals surface area contributed by atoms with Crippen LogP contribution in [0.15, 0.2) is 48.5 Å². The molecule has 2 amide bonds. The Hall–Kier alpha value is -3.32. The van der Waals surface area contributed by atoms with Crippen LogP contribution in [0, 0.1) is 11.8 Å². The summed E-state index contributed by atoms with van der Waals surface area (Å²) in [6.07, 6.45) is -3.59. The number of amides is 2. The van der Waals surface area contributed by atoms with Crippen molar-refractivity contribution in [3.8, 4) is 11.8 Å². The van der Waals surface area contributed by atoms with E-state index in [9.17, 15) is 23.5 Å². The van der Waals surface area contributed by atoms with Gasteiger partial charge in [-0.15, -0.1) is 0 Å². The van der Waals surface area contributed by atoms with Gasteiger partial charge in [-0.2, -0.15) is 0 Å². The summed E-state index contributed by atoms with van der Waals surface area (Å²) in [7, 11) is 0. The van der Waals surface area contributed by atoms with Crippen LogP contribution in [-0.2, 0) is 11.3 Å². The lowest BCUT2D eigenvalue weighted by Gasteiger charge is -2.19. The van der Waals surface area contributed by atoms with Crippen molar-refractivity contribution in [1.29, 1.82) is 0 Å². The van der Waals surface area contributed by atoms with Crippen molar-refractivity contribution >= 4 is 11.8 Å². The summed E-state index contributed by atoms with van der Waals surface area (Å²) in [5, 5.41) is 23.3. The molecule has 2 rings (SSSR count). The lowest BCUT2D eigenvalue weighted by Crippen LogP contribution is -2.51. The number of hydrogen-bond donors (Lipinski definition) is 5. The number of rotatable bonds is 8. The molecular weight excluding hydrogens is 408 g/mol. The Kier molecular flexibility index (Phi) is 9.09. The van der Waals surface area contributed by atoms with E-state index in [1.165, 1.54) is 24.5 Å². The van der Waals surface area contributed by atoms with E-state index in [4.69, 9.17) is 5.21 Å². The molecule has 0 aromatic heterocycles. The topological polar surface area (TPSA) is 111 Å². The summed E-state index contributed by atoms with van der Waals surface area (Å²) >= 11 is 0. The van der Waals surface area contributed by atoms with Gasteiger partial charge in [-0.05, 0) is 48.9 Å². The quantitative estimate of drug-likeness (QED) is 0.247. The number of halogens is 2. The Labute approximate surface area is 178 Å². The summed E-state index contributed by atoms with van der Waals surface area (Å²) in [6.45, 7) is 1.30. The molecule has 0 aliphatic carbocycles. The molecule has 5 N–H and O–H groups in total. The smallest absolute Gasteiger partial charge is 0.268 e. The highest BCUT2D eigenvalue weighted by atomic mass is 19.3. The largest absolute Gasteiger partial charge is 0.391 e.